The van der Waals surface area contributed by atoms with Gasteiger partial charge >= 0.3 is 0 Å². The second kappa shape index (κ2) is 16.2. The molecule has 12 nitrogen and oxygen atoms in total. The Morgan fingerprint density at radius 1 is 0.873 bits per heavy atom. The molecular formula is C41H46F2N8O4. The molecule has 14 heteroatoms. The van der Waals surface area contributed by atoms with E-state index in [1.165, 1.54) is 38.3 Å². The van der Waals surface area contributed by atoms with Gasteiger partial charge < -0.3 is 25.0 Å². The van der Waals surface area contributed by atoms with Crippen LogP contribution in [0.15, 0.2) is 79.6 Å². The van der Waals surface area contributed by atoms with E-state index in [-0.39, 0.29) is 17.7 Å². The minimum atomic E-state index is -0.659. The third kappa shape index (κ3) is 8.36. The highest BCUT2D eigenvalue weighted by Crippen LogP contribution is 2.41. The van der Waals surface area contributed by atoms with Crippen molar-refractivity contribution in [3.8, 4) is 17.2 Å². The third-order valence-electron chi connectivity index (χ3n) is 10.9. The van der Waals surface area contributed by atoms with Crippen molar-refractivity contribution in [2.24, 2.45) is 0 Å². The van der Waals surface area contributed by atoms with Crippen LogP contribution >= 0.6 is 0 Å². The van der Waals surface area contributed by atoms with Crippen LogP contribution in [0.5, 0.6) is 17.2 Å². The van der Waals surface area contributed by atoms with Gasteiger partial charge in [0.05, 0.1) is 36.8 Å². The number of ether oxygens (including phenoxy) is 2. The van der Waals surface area contributed by atoms with Gasteiger partial charge in [0.15, 0.2) is 17.4 Å². The predicted octanol–water partition coefficient (Wildman–Crippen LogP) is 7.06. The summed E-state index contributed by atoms with van der Waals surface area (Å²) in [4.78, 5) is 35.3. The van der Waals surface area contributed by atoms with Gasteiger partial charge in [-0.2, -0.15) is 0 Å². The van der Waals surface area contributed by atoms with Crippen LogP contribution in [0.3, 0.4) is 0 Å². The summed E-state index contributed by atoms with van der Waals surface area (Å²) < 4.78 is 39.7. The number of aromatic nitrogens is 2. The number of anilines is 5. The number of amides is 1. The monoisotopic (exact) mass is 752 g/mol. The molecule has 2 N–H and O–H groups in total. The van der Waals surface area contributed by atoms with Gasteiger partial charge in [-0.05, 0) is 67.7 Å². The van der Waals surface area contributed by atoms with E-state index in [1.54, 1.807) is 36.4 Å². The predicted molar refractivity (Wildman–Crippen MR) is 207 cm³/mol. The first-order valence-corrected chi connectivity index (χ1v) is 19.0. The summed E-state index contributed by atoms with van der Waals surface area (Å²) in [5.41, 5.74) is 2.98. The zero-order chi connectivity index (χ0) is 37.9. The van der Waals surface area contributed by atoms with Crippen LogP contribution in [-0.2, 0) is 9.63 Å². The van der Waals surface area contributed by atoms with Crippen molar-refractivity contribution in [1.29, 1.82) is 0 Å². The molecule has 8 rings (SSSR count). The van der Waals surface area contributed by atoms with E-state index in [2.05, 4.69) is 41.9 Å². The maximum absolute atomic E-state index is 14.3. The standard InChI is InChI=1S/C41H46F2N8O4/c1-3-41(52)47-33-23-34(38(53-2)24-36(33)50-14-11-30(12-15-50)49-18-16-48(17-19-49)29-8-9-29)46-39-25-40(45-26-44-39)51-35(13-20-54-51)27-5-4-6-31(21-27)55-37-22-28(42)7-10-32(37)43/h3-7,10,21-26,29-30,35H,1,8-9,11-20H2,2H3,(H,47,52)(H,44,45,46). The molecular weight excluding hydrogens is 706 g/mol. The lowest BCUT2D eigenvalue weighted by atomic mass is 10.0. The largest absolute Gasteiger partial charge is 0.494 e. The molecule has 4 heterocycles. The molecule has 1 amide bonds. The first-order valence-electron chi connectivity index (χ1n) is 19.0. The zero-order valence-corrected chi connectivity index (χ0v) is 30.9. The number of methoxy groups -OCH3 is 1. The minimum Gasteiger partial charge on any atom is -0.494 e. The number of hydroxylamine groups is 1. The lowest BCUT2D eigenvalue weighted by Gasteiger charge is -2.43. The lowest BCUT2D eigenvalue weighted by molar-refractivity contribution is -0.111. The summed E-state index contributed by atoms with van der Waals surface area (Å²) in [6, 6.07) is 17.0. The number of rotatable bonds is 12. The van der Waals surface area contributed by atoms with Crippen LogP contribution in [0, 0.1) is 11.6 Å². The SMILES string of the molecule is C=CC(=O)Nc1cc(Nc2cc(N3OCCC3c3cccc(Oc4cc(F)ccc4F)c3)ncn2)c(OC)cc1N1CCC(N2CCN(C3CC3)CC2)CC1. The van der Waals surface area contributed by atoms with Gasteiger partial charge in [-0.3, -0.25) is 19.4 Å². The topological polar surface area (TPSA) is 108 Å². The summed E-state index contributed by atoms with van der Waals surface area (Å²) in [6.07, 6.45) is 8.17. The Balaban J connectivity index is 0.981. The quantitative estimate of drug-likeness (QED) is 0.145. The first-order chi connectivity index (χ1) is 26.8. The van der Waals surface area contributed by atoms with Crippen LogP contribution < -0.4 is 30.1 Å². The van der Waals surface area contributed by atoms with Crippen LogP contribution in [0.2, 0.25) is 0 Å². The highest BCUT2D eigenvalue weighted by Gasteiger charge is 2.34. The maximum Gasteiger partial charge on any atom is 0.247 e. The van der Waals surface area contributed by atoms with Gasteiger partial charge in [0.1, 0.15) is 29.5 Å². The molecule has 55 heavy (non-hydrogen) atoms. The number of carbonyl (C=O) groups is 1. The number of halogens is 2. The van der Waals surface area contributed by atoms with Crippen LogP contribution in [0.25, 0.3) is 0 Å². The molecule has 0 spiro atoms. The second-order valence-corrected chi connectivity index (χ2v) is 14.4. The Morgan fingerprint density at radius 2 is 1.64 bits per heavy atom. The van der Waals surface area contributed by atoms with Crippen molar-refractivity contribution < 1.29 is 27.9 Å². The fourth-order valence-corrected chi connectivity index (χ4v) is 7.90. The zero-order valence-electron chi connectivity index (χ0n) is 30.9. The van der Waals surface area contributed by atoms with Gasteiger partial charge in [-0.1, -0.05) is 18.7 Å². The molecule has 3 aliphatic heterocycles. The van der Waals surface area contributed by atoms with Crippen molar-refractivity contribution in [2.45, 2.75) is 50.2 Å². The molecule has 1 aliphatic carbocycles. The third-order valence-corrected chi connectivity index (χ3v) is 10.9. The van der Waals surface area contributed by atoms with Crippen LogP contribution in [0.1, 0.15) is 43.7 Å². The molecule has 0 radical (unpaired) electrons. The van der Waals surface area contributed by atoms with Gasteiger partial charge in [0.2, 0.25) is 5.91 Å². The molecule has 0 bridgehead atoms. The Hall–Kier alpha value is -5.31. The van der Waals surface area contributed by atoms with Gasteiger partial charge in [-0.15, -0.1) is 0 Å². The average Bonchev–Trinajstić information content (AvgIpc) is 3.95. The number of hydrogen-bond donors (Lipinski definition) is 2. The number of piperidine rings is 1. The van der Waals surface area contributed by atoms with Gasteiger partial charge in [0.25, 0.3) is 0 Å². The lowest BCUT2D eigenvalue weighted by Crippen LogP contribution is -2.53. The van der Waals surface area contributed by atoms with E-state index < -0.39 is 11.6 Å². The first kappa shape index (κ1) is 36.7. The van der Waals surface area contributed by atoms with Crippen molar-refractivity contribution >= 4 is 34.6 Å². The van der Waals surface area contributed by atoms with E-state index in [9.17, 15) is 13.6 Å². The number of nitrogens with one attached hydrogen (secondary N) is 2. The van der Waals surface area contributed by atoms with Crippen LogP contribution in [-0.4, -0.2) is 90.7 Å². The number of carbonyl (C=O) groups excluding carboxylic acids is 1. The molecule has 1 unspecified atom stereocenters. The molecule has 4 aliphatic rings. The minimum absolute atomic E-state index is 0.198. The van der Waals surface area contributed by atoms with Gasteiger partial charge in [0, 0.05) is 76.0 Å². The fraction of sp³-hybridized carbons (Fsp3) is 0.390. The Labute approximate surface area is 319 Å². The fourth-order valence-electron chi connectivity index (χ4n) is 7.90. The van der Waals surface area contributed by atoms with Crippen molar-refractivity contribution in [3.05, 3.63) is 96.8 Å². The summed E-state index contributed by atoms with van der Waals surface area (Å²) in [5.74, 6) is 0.184. The maximum atomic E-state index is 14.3. The van der Waals surface area contributed by atoms with Crippen molar-refractivity contribution in [2.75, 3.05) is 73.6 Å². The Bertz CT molecular complexity index is 2020. The normalized spacial score (nSPS) is 19.7. The molecule has 1 aromatic heterocycles. The number of nitrogens with zero attached hydrogens (tertiary/aromatic N) is 6. The van der Waals surface area contributed by atoms with E-state index >= 15 is 0 Å². The number of hydrogen-bond acceptors (Lipinski definition) is 11. The summed E-state index contributed by atoms with van der Waals surface area (Å²) in [7, 11) is 1.62. The summed E-state index contributed by atoms with van der Waals surface area (Å²) >= 11 is 0. The van der Waals surface area contributed by atoms with E-state index in [0.29, 0.717) is 53.6 Å². The molecule has 3 aromatic carbocycles. The average molecular weight is 753 g/mol. The highest BCUT2D eigenvalue weighted by molar-refractivity contribution is 6.02. The van der Waals surface area contributed by atoms with Crippen molar-refractivity contribution in [1.82, 2.24) is 19.8 Å². The molecule has 288 valence electrons. The second-order valence-electron chi connectivity index (χ2n) is 14.4. The molecule has 4 aromatic rings. The smallest absolute Gasteiger partial charge is 0.247 e. The molecule has 3 saturated heterocycles. The molecule has 1 atom stereocenters. The number of benzene rings is 3. The summed E-state index contributed by atoms with van der Waals surface area (Å²) in [5, 5.41) is 8.09. The molecule has 1 saturated carbocycles. The van der Waals surface area contributed by atoms with E-state index in [1.807, 2.05) is 18.2 Å². The Morgan fingerprint density at radius 3 is 2.36 bits per heavy atom. The van der Waals surface area contributed by atoms with Crippen molar-refractivity contribution in [3.63, 3.8) is 0 Å². The highest BCUT2D eigenvalue weighted by atomic mass is 19.1. The van der Waals surface area contributed by atoms with Gasteiger partial charge in [-0.25, -0.2) is 23.8 Å². The van der Waals surface area contributed by atoms with Crippen LogP contribution in [0.4, 0.5) is 37.5 Å². The molecule has 4 fully saturated rings. The number of piperazine rings is 1. The summed E-state index contributed by atoms with van der Waals surface area (Å²) in [6.45, 7) is 10.4. The van der Waals surface area contributed by atoms with E-state index in [0.717, 1.165) is 74.5 Å². The Kier molecular flexibility index (Phi) is 10.8. The van der Waals surface area contributed by atoms with E-state index in [4.69, 9.17) is 14.3 Å².